The van der Waals surface area contributed by atoms with Crippen molar-refractivity contribution in [3.8, 4) is 17.2 Å². The first-order valence-corrected chi connectivity index (χ1v) is 9.17. The van der Waals surface area contributed by atoms with E-state index in [4.69, 9.17) is 23.7 Å². The summed E-state index contributed by atoms with van der Waals surface area (Å²) in [5.74, 6) is 1.54. The normalized spacial score (nSPS) is 20.0. The van der Waals surface area contributed by atoms with Crippen molar-refractivity contribution < 1.29 is 28.5 Å². The third kappa shape index (κ3) is 5.70. The lowest BCUT2D eigenvalue weighted by Gasteiger charge is -2.08. The van der Waals surface area contributed by atoms with E-state index in [1.165, 1.54) is 0 Å². The van der Waals surface area contributed by atoms with Gasteiger partial charge >= 0.3 is 5.97 Å². The summed E-state index contributed by atoms with van der Waals surface area (Å²) in [7, 11) is 0. The van der Waals surface area contributed by atoms with Crippen molar-refractivity contribution in [2.24, 2.45) is 0 Å². The quantitative estimate of drug-likeness (QED) is 0.363. The molecular formula is C21H22O6. The van der Waals surface area contributed by atoms with Crippen LogP contribution in [-0.4, -0.2) is 44.6 Å². The molecule has 0 bridgehead atoms. The Balaban J connectivity index is 1.23. The maximum Gasteiger partial charge on any atom is 0.343 e. The van der Waals surface area contributed by atoms with E-state index in [1.54, 1.807) is 48.5 Å². The molecule has 2 atom stereocenters. The first-order chi connectivity index (χ1) is 13.3. The number of carbonyl (C=O) groups excluding carboxylic acids is 1. The second-order valence-electron chi connectivity index (χ2n) is 6.57. The van der Waals surface area contributed by atoms with Crippen LogP contribution < -0.4 is 14.2 Å². The number of ether oxygens (including phenoxy) is 5. The van der Waals surface area contributed by atoms with Crippen molar-refractivity contribution >= 4 is 5.97 Å². The fourth-order valence-electron chi connectivity index (χ4n) is 2.54. The van der Waals surface area contributed by atoms with Crippen LogP contribution in [0.5, 0.6) is 17.2 Å². The monoisotopic (exact) mass is 370 g/mol. The molecule has 2 aromatic rings. The van der Waals surface area contributed by atoms with Gasteiger partial charge in [-0.25, -0.2) is 4.79 Å². The summed E-state index contributed by atoms with van der Waals surface area (Å²) in [5, 5.41) is 0. The Morgan fingerprint density at radius 2 is 1.22 bits per heavy atom. The van der Waals surface area contributed by atoms with Crippen LogP contribution in [0, 0.1) is 0 Å². The molecule has 4 rings (SSSR count). The Morgan fingerprint density at radius 1 is 0.778 bits per heavy atom. The molecule has 2 saturated heterocycles. The van der Waals surface area contributed by atoms with Gasteiger partial charge in [-0.3, -0.25) is 0 Å². The highest BCUT2D eigenvalue weighted by Gasteiger charge is 2.22. The van der Waals surface area contributed by atoms with Crippen LogP contribution in [0.1, 0.15) is 23.2 Å². The number of rotatable bonds is 10. The van der Waals surface area contributed by atoms with Crippen molar-refractivity contribution in [1.29, 1.82) is 0 Å². The molecule has 2 aliphatic heterocycles. The standard InChI is InChI=1S/C21H22O6/c22-21(15-1-3-16(4-2-15)23-11-9-19-13-25-19)27-18-7-5-17(6-8-18)24-12-10-20-14-26-20/h1-8,19-20H,9-14H2. The Bertz CT molecular complexity index is 747. The maximum atomic E-state index is 12.3. The average molecular weight is 370 g/mol. The van der Waals surface area contributed by atoms with Crippen LogP contribution in [0.15, 0.2) is 48.5 Å². The van der Waals surface area contributed by atoms with Crippen LogP contribution in [0.3, 0.4) is 0 Å². The second-order valence-corrected chi connectivity index (χ2v) is 6.57. The summed E-state index contributed by atoms with van der Waals surface area (Å²) < 4.78 is 26.9. The number of benzene rings is 2. The minimum Gasteiger partial charge on any atom is -0.493 e. The lowest BCUT2D eigenvalue weighted by molar-refractivity contribution is 0.0734. The van der Waals surface area contributed by atoms with E-state index in [-0.39, 0.29) is 0 Å². The summed E-state index contributed by atoms with van der Waals surface area (Å²) in [4.78, 5) is 12.3. The van der Waals surface area contributed by atoms with Crippen LogP contribution >= 0.6 is 0 Å². The van der Waals surface area contributed by atoms with Gasteiger partial charge in [0.25, 0.3) is 0 Å². The van der Waals surface area contributed by atoms with Gasteiger partial charge in [-0.2, -0.15) is 0 Å². The third-order valence-electron chi connectivity index (χ3n) is 4.35. The van der Waals surface area contributed by atoms with Crippen molar-refractivity contribution in [2.45, 2.75) is 25.0 Å². The molecular weight excluding hydrogens is 348 g/mol. The van der Waals surface area contributed by atoms with Crippen LogP contribution in [0.25, 0.3) is 0 Å². The molecule has 27 heavy (non-hydrogen) atoms. The van der Waals surface area contributed by atoms with Crippen molar-refractivity contribution in [3.05, 3.63) is 54.1 Å². The Kier molecular flexibility index (Phi) is 5.55. The van der Waals surface area contributed by atoms with E-state index in [1.807, 2.05) is 0 Å². The van der Waals surface area contributed by atoms with Gasteiger partial charge < -0.3 is 23.7 Å². The van der Waals surface area contributed by atoms with Gasteiger partial charge in [0, 0.05) is 12.8 Å². The van der Waals surface area contributed by atoms with Gasteiger partial charge in [0.2, 0.25) is 0 Å². The summed E-state index contributed by atoms with van der Waals surface area (Å²) in [6.45, 7) is 2.89. The van der Waals surface area contributed by atoms with Gasteiger partial charge in [-0.15, -0.1) is 0 Å². The van der Waals surface area contributed by atoms with Gasteiger partial charge in [0.05, 0.1) is 44.2 Å². The number of carbonyl (C=O) groups is 1. The average Bonchev–Trinajstić information content (AvgIpc) is 3.59. The van der Waals surface area contributed by atoms with E-state index >= 15 is 0 Å². The molecule has 142 valence electrons. The Morgan fingerprint density at radius 3 is 1.70 bits per heavy atom. The molecule has 2 fully saturated rings. The van der Waals surface area contributed by atoms with Crippen LogP contribution in [-0.2, 0) is 9.47 Å². The van der Waals surface area contributed by atoms with E-state index in [2.05, 4.69) is 0 Å². The third-order valence-corrected chi connectivity index (χ3v) is 4.35. The van der Waals surface area contributed by atoms with E-state index in [0.29, 0.717) is 36.7 Å². The topological polar surface area (TPSA) is 69.8 Å². The predicted molar refractivity (Wildman–Crippen MR) is 97.5 cm³/mol. The summed E-state index contributed by atoms with van der Waals surface area (Å²) in [6, 6.07) is 13.9. The summed E-state index contributed by atoms with van der Waals surface area (Å²) in [5.41, 5.74) is 0.470. The molecule has 6 heteroatoms. The molecule has 6 nitrogen and oxygen atoms in total. The SMILES string of the molecule is O=C(Oc1ccc(OCCC2CO2)cc1)c1ccc(OCCC2CO2)cc1. The number of esters is 1. The fraction of sp³-hybridized carbons (Fsp3) is 0.381. The molecule has 0 aromatic heterocycles. The molecule has 0 N–H and O–H groups in total. The Labute approximate surface area is 157 Å². The Hall–Kier alpha value is -2.57. The maximum absolute atomic E-state index is 12.3. The minimum absolute atomic E-state index is 0.350. The van der Waals surface area contributed by atoms with Gasteiger partial charge in [-0.05, 0) is 48.5 Å². The van der Waals surface area contributed by atoms with E-state index in [9.17, 15) is 4.79 Å². The van der Waals surface area contributed by atoms with Crippen molar-refractivity contribution in [1.82, 2.24) is 0 Å². The summed E-state index contributed by atoms with van der Waals surface area (Å²) in [6.07, 6.45) is 2.49. The molecule has 0 saturated carbocycles. The molecule has 0 aliphatic carbocycles. The smallest absolute Gasteiger partial charge is 0.343 e. The largest absolute Gasteiger partial charge is 0.493 e. The molecule has 0 spiro atoms. The lowest BCUT2D eigenvalue weighted by atomic mass is 10.2. The van der Waals surface area contributed by atoms with Crippen molar-refractivity contribution in [2.75, 3.05) is 26.4 Å². The zero-order valence-corrected chi connectivity index (χ0v) is 15.0. The van der Waals surface area contributed by atoms with Crippen LogP contribution in [0.2, 0.25) is 0 Å². The molecule has 0 amide bonds. The number of epoxide rings is 2. The minimum atomic E-state index is -0.410. The van der Waals surface area contributed by atoms with Crippen molar-refractivity contribution in [3.63, 3.8) is 0 Å². The first-order valence-electron chi connectivity index (χ1n) is 9.17. The van der Waals surface area contributed by atoms with E-state index < -0.39 is 5.97 Å². The number of hydrogen-bond acceptors (Lipinski definition) is 6. The van der Waals surface area contributed by atoms with Gasteiger partial charge in [0.1, 0.15) is 17.2 Å². The molecule has 0 radical (unpaired) electrons. The zero-order chi connectivity index (χ0) is 18.5. The van der Waals surface area contributed by atoms with Gasteiger partial charge in [0.15, 0.2) is 0 Å². The van der Waals surface area contributed by atoms with Gasteiger partial charge in [-0.1, -0.05) is 0 Å². The summed E-state index contributed by atoms with van der Waals surface area (Å²) >= 11 is 0. The highest BCUT2D eigenvalue weighted by molar-refractivity contribution is 5.91. The van der Waals surface area contributed by atoms with Crippen LogP contribution in [0.4, 0.5) is 0 Å². The second kappa shape index (κ2) is 8.41. The predicted octanol–water partition coefficient (Wildman–Crippen LogP) is 3.24. The molecule has 2 aromatic carbocycles. The molecule has 2 heterocycles. The highest BCUT2D eigenvalue weighted by Crippen LogP contribution is 2.21. The molecule has 2 unspecified atom stereocenters. The zero-order valence-electron chi connectivity index (χ0n) is 15.0. The molecule has 2 aliphatic rings. The lowest BCUT2D eigenvalue weighted by Crippen LogP contribution is -2.08. The fourth-order valence-corrected chi connectivity index (χ4v) is 2.54. The van der Waals surface area contributed by atoms with E-state index in [0.717, 1.165) is 37.6 Å². The highest BCUT2D eigenvalue weighted by atomic mass is 16.6. The number of hydrogen-bond donors (Lipinski definition) is 0. The first kappa shape index (κ1) is 17.8.